The van der Waals surface area contributed by atoms with Crippen molar-refractivity contribution >= 4 is 0 Å². The number of aryl methyl sites for hydroxylation is 1. The van der Waals surface area contributed by atoms with Crippen molar-refractivity contribution in [2.24, 2.45) is 0 Å². The highest BCUT2D eigenvalue weighted by Gasteiger charge is 2.31. The summed E-state index contributed by atoms with van der Waals surface area (Å²) in [5.41, 5.74) is 5.55. The summed E-state index contributed by atoms with van der Waals surface area (Å²) in [7, 11) is 0. The number of nitrogens with one attached hydrogen (secondary N) is 1. The van der Waals surface area contributed by atoms with Crippen LogP contribution in [-0.2, 0) is 6.54 Å². The van der Waals surface area contributed by atoms with Crippen molar-refractivity contribution in [3.8, 4) is 11.3 Å². The van der Waals surface area contributed by atoms with E-state index in [2.05, 4.69) is 50.6 Å². The van der Waals surface area contributed by atoms with Crippen LogP contribution in [0.15, 0.2) is 41.1 Å². The third-order valence-corrected chi connectivity index (χ3v) is 5.00. The van der Waals surface area contributed by atoms with Gasteiger partial charge in [0.2, 0.25) is 0 Å². The van der Waals surface area contributed by atoms with Crippen LogP contribution in [0.3, 0.4) is 0 Å². The Morgan fingerprint density at radius 1 is 1.25 bits per heavy atom. The summed E-state index contributed by atoms with van der Waals surface area (Å²) in [5.74, 6) is 0.836. The van der Waals surface area contributed by atoms with Crippen LogP contribution in [-0.4, -0.2) is 26.8 Å². The molecule has 0 spiro atoms. The van der Waals surface area contributed by atoms with Gasteiger partial charge >= 0.3 is 0 Å². The van der Waals surface area contributed by atoms with Crippen molar-refractivity contribution in [2.75, 3.05) is 6.54 Å². The fourth-order valence-corrected chi connectivity index (χ4v) is 3.56. The molecule has 0 bridgehead atoms. The Morgan fingerprint density at radius 3 is 2.83 bits per heavy atom. The standard InChI is InChI=1S/C19H22N4O/c1-13-14(2)22-24-19(13)16-11-20-21-18(16)17-9-6-10-23(17)12-15-7-4-3-5-8-15/h3-5,7-8,11,17H,6,9-10,12H2,1-2H3,(H,20,21)/t17-/m1/s1. The fourth-order valence-electron chi connectivity index (χ4n) is 3.56. The van der Waals surface area contributed by atoms with Crippen molar-refractivity contribution in [2.45, 2.75) is 39.3 Å². The number of benzene rings is 1. The van der Waals surface area contributed by atoms with E-state index in [1.807, 2.05) is 20.0 Å². The molecule has 1 aliphatic heterocycles. The van der Waals surface area contributed by atoms with Crippen molar-refractivity contribution in [1.29, 1.82) is 0 Å². The number of rotatable bonds is 4. The quantitative estimate of drug-likeness (QED) is 0.788. The molecule has 1 atom stereocenters. The van der Waals surface area contributed by atoms with E-state index >= 15 is 0 Å². The highest BCUT2D eigenvalue weighted by atomic mass is 16.5. The van der Waals surface area contributed by atoms with E-state index in [-0.39, 0.29) is 0 Å². The zero-order valence-electron chi connectivity index (χ0n) is 14.1. The largest absolute Gasteiger partial charge is 0.356 e. The predicted molar refractivity (Wildman–Crippen MR) is 92.4 cm³/mol. The minimum absolute atomic E-state index is 0.340. The van der Waals surface area contributed by atoms with Crippen molar-refractivity contribution in [3.63, 3.8) is 0 Å². The van der Waals surface area contributed by atoms with Crippen molar-refractivity contribution < 1.29 is 4.52 Å². The van der Waals surface area contributed by atoms with Gasteiger partial charge in [0, 0.05) is 12.1 Å². The van der Waals surface area contributed by atoms with Crippen LogP contribution in [0.25, 0.3) is 11.3 Å². The minimum Gasteiger partial charge on any atom is -0.356 e. The molecule has 4 rings (SSSR count). The maximum atomic E-state index is 5.56. The first-order chi connectivity index (χ1) is 11.7. The Balaban J connectivity index is 1.64. The summed E-state index contributed by atoms with van der Waals surface area (Å²) in [6, 6.07) is 11.0. The molecule has 124 valence electrons. The zero-order valence-corrected chi connectivity index (χ0v) is 14.1. The molecule has 24 heavy (non-hydrogen) atoms. The van der Waals surface area contributed by atoms with Crippen LogP contribution in [0.5, 0.6) is 0 Å². The van der Waals surface area contributed by atoms with Gasteiger partial charge in [-0.2, -0.15) is 5.10 Å². The van der Waals surface area contributed by atoms with Crippen molar-refractivity contribution in [3.05, 3.63) is 59.0 Å². The highest BCUT2D eigenvalue weighted by Crippen LogP contribution is 2.38. The fraction of sp³-hybridized carbons (Fsp3) is 0.368. The monoisotopic (exact) mass is 322 g/mol. The molecule has 0 unspecified atom stereocenters. The van der Waals surface area contributed by atoms with Gasteiger partial charge in [-0.15, -0.1) is 0 Å². The third-order valence-electron chi connectivity index (χ3n) is 5.00. The molecule has 0 aliphatic carbocycles. The number of hydrogen-bond acceptors (Lipinski definition) is 4. The lowest BCUT2D eigenvalue weighted by Gasteiger charge is -2.24. The van der Waals surface area contributed by atoms with E-state index < -0.39 is 0 Å². The first kappa shape index (κ1) is 15.1. The van der Waals surface area contributed by atoms with Gasteiger partial charge in [-0.05, 0) is 38.8 Å². The summed E-state index contributed by atoms with van der Waals surface area (Å²) < 4.78 is 5.56. The van der Waals surface area contributed by atoms with Gasteiger partial charge in [-0.3, -0.25) is 10.00 Å². The van der Waals surface area contributed by atoms with Crippen molar-refractivity contribution in [1.82, 2.24) is 20.3 Å². The van der Waals surface area contributed by atoms with Crippen LogP contribution in [0, 0.1) is 13.8 Å². The number of nitrogens with zero attached hydrogens (tertiary/aromatic N) is 3. The number of aromatic amines is 1. The second kappa shape index (κ2) is 6.24. The molecule has 0 amide bonds. The summed E-state index contributed by atoms with van der Waals surface area (Å²) in [4.78, 5) is 2.52. The van der Waals surface area contributed by atoms with Crippen LogP contribution >= 0.6 is 0 Å². The number of aromatic nitrogens is 3. The Kier molecular flexibility index (Phi) is 3.94. The van der Waals surface area contributed by atoms with E-state index in [9.17, 15) is 0 Å². The highest BCUT2D eigenvalue weighted by molar-refractivity contribution is 5.64. The SMILES string of the molecule is Cc1noc(-c2cn[nH]c2[C@H]2CCCN2Cc2ccccc2)c1C. The Bertz CT molecular complexity index is 821. The maximum Gasteiger partial charge on any atom is 0.173 e. The summed E-state index contributed by atoms with van der Waals surface area (Å²) in [6.07, 6.45) is 4.19. The lowest BCUT2D eigenvalue weighted by Crippen LogP contribution is -2.23. The van der Waals surface area contributed by atoms with Crippen LogP contribution in [0.1, 0.15) is 41.4 Å². The summed E-state index contributed by atoms with van der Waals surface area (Å²) in [5, 5.41) is 11.6. The lowest BCUT2D eigenvalue weighted by atomic mass is 10.0. The Hall–Kier alpha value is -2.40. The molecular formula is C19H22N4O. The molecule has 1 fully saturated rings. The van der Waals surface area contributed by atoms with Gasteiger partial charge in [-0.1, -0.05) is 35.5 Å². The smallest absolute Gasteiger partial charge is 0.173 e. The molecule has 1 saturated heterocycles. The van der Waals surface area contributed by atoms with Crippen LogP contribution in [0.2, 0.25) is 0 Å². The van der Waals surface area contributed by atoms with Gasteiger partial charge in [0.05, 0.1) is 29.2 Å². The molecule has 0 radical (unpaired) electrons. The number of likely N-dealkylation sites (tertiary alicyclic amines) is 1. The number of hydrogen-bond donors (Lipinski definition) is 1. The average molecular weight is 322 g/mol. The average Bonchev–Trinajstić information content (AvgIpc) is 3.30. The lowest BCUT2D eigenvalue weighted by molar-refractivity contribution is 0.244. The molecule has 3 aromatic rings. The van der Waals surface area contributed by atoms with Gasteiger partial charge < -0.3 is 4.52 Å². The summed E-state index contributed by atoms with van der Waals surface area (Å²) in [6.45, 7) is 6.08. The Morgan fingerprint density at radius 2 is 2.08 bits per heavy atom. The first-order valence-electron chi connectivity index (χ1n) is 8.48. The molecule has 2 aromatic heterocycles. The molecule has 5 nitrogen and oxygen atoms in total. The van der Waals surface area contributed by atoms with E-state index in [1.54, 1.807) is 0 Å². The van der Waals surface area contributed by atoms with Gasteiger partial charge in [0.15, 0.2) is 5.76 Å². The molecule has 1 N–H and O–H groups in total. The molecular weight excluding hydrogens is 300 g/mol. The third kappa shape index (κ3) is 2.65. The molecule has 5 heteroatoms. The topological polar surface area (TPSA) is 58.0 Å². The van der Waals surface area contributed by atoms with Gasteiger partial charge in [-0.25, -0.2) is 0 Å². The van der Waals surface area contributed by atoms with Crippen LogP contribution < -0.4 is 0 Å². The maximum absolute atomic E-state index is 5.56. The van der Waals surface area contributed by atoms with Crippen LogP contribution in [0.4, 0.5) is 0 Å². The second-order valence-electron chi connectivity index (χ2n) is 6.53. The Labute approximate surface area is 141 Å². The molecule has 1 aliphatic rings. The molecule has 3 heterocycles. The van der Waals surface area contributed by atoms with E-state index in [0.717, 1.165) is 47.8 Å². The minimum atomic E-state index is 0.340. The second-order valence-corrected chi connectivity index (χ2v) is 6.53. The first-order valence-corrected chi connectivity index (χ1v) is 8.48. The molecule has 0 saturated carbocycles. The summed E-state index contributed by atoms with van der Waals surface area (Å²) >= 11 is 0. The van der Waals surface area contributed by atoms with Gasteiger partial charge in [0.25, 0.3) is 0 Å². The van der Waals surface area contributed by atoms with E-state index in [0.29, 0.717) is 6.04 Å². The molecule has 1 aromatic carbocycles. The zero-order chi connectivity index (χ0) is 16.5. The van der Waals surface area contributed by atoms with E-state index in [1.165, 1.54) is 12.0 Å². The predicted octanol–water partition coefficient (Wildman–Crippen LogP) is 4.02. The normalized spacial score (nSPS) is 18.3. The van der Waals surface area contributed by atoms with Gasteiger partial charge in [0.1, 0.15) is 0 Å². The number of H-pyrrole nitrogens is 1. The van der Waals surface area contributed by atoms with E-state index in [4.69, 9.17) is 4.52 Å².